The number of carbonyl (C=O) groups excluding carboxylic acids is 1. The Kier molecular flexibility index (Phi) is 8.37. The summed E-state index contributed by atoms with van der Waals surface area (Å²) in [5, 5.41) is 5.83. The van der Waals surface area contributed by atoms with Crippen LogP contribution in [-0.4, -0.2) is 31.6 Å². The van der Waals surface area contributed by atoms with Crippen molar-refractivity contribution in [1.82, 2.24) is 5.32 Å². The number of nitrogens with two attached hydrogens (primary N) is 1. The summed E-state index contributed by atoms with van der Waals surface area (Å²) in [4.78, 5) is 16.1. The van der Waals surface area contributed by atoms with Gasteiger partial charge in [-0.3, -0.25) is 4.79 Å². The third-order valence-electron chi connectivity index (χ3n) is 4.01. The van der Waals surface area contributed by atoms with E-state index in [1.807, 2.05) is 37.3 Å². The summed E-state index contributed by atoms with van der Waals surface area (Å²) >= 11 is 0. The number of anilines is 1. The van der Waals surface area contributed by atoms with Crippen molar-refractivity contribution < 1.29 is 14.3 Å². The van der Waals surface area contributed by atoms with Crippen LogP contribution < -0.4 is 25.8 Å². The normalized spacial score (nSPS) is 13.1. The predicted octanol–water partition coefficient (Wildman–Crippen LogP) is 3.14. The molecule has 0 unspecified atom stereocenters. The minimum absolute atomic E-state index is 0. The number of carbonyl (C=O) groups is 1. The minimum atomic E-state index is -0.0804. The summed E-state index contributed by atoms with van der Waals surface area (Å²) in [5.74, 6) is 1.66. The Balaban J connectivity index is 0.00000280. The highest BCUT2D eigenvalue weighted by molar-refractivity contribution is 14.0. The monoisotopic (exact) mass is 496 g/mol. The van der Waals surface area contributed by atoms with E-state index in [-0.39, 0.29) is 29.9 Å². The zero-order chi connectivity index (χ0) is 19.1. The van der Waals surface area contributed by atoms with Gasteiger partial charge in [0.25, 0.3) is 5.91 Å². The molecule has 3 rings (SSSR count). The van der Waals surface area contributed by atoms with E-state index < -0.39 is 0 Å². The highest BCUT2D eigenvalue weighted by Crippen LogP contribution is 2.32. The number of nitrogens with zero attached hydrogens (tertiary/aromatic N) is 1. The lowest BCUT2D eigenvalue weighted by Gasteiger charge is -2.10. The van der Waals surface area contributed by atoms with E-state index in [0.717, 1.165) is 23.4 Å². The Morgan fingerprint density at radius 2 is 1.82 bits per heavy atom. The number of fused-ring (bicyclic) bond motifs is 1. The molecule has 1 aliphatic heterocycles. The Morgan fingerprint density at radius 1 is 1.11 bits per heavy atom. The fourth-order valence-corrected chi connectivity index (χ4v) is 2.63. The Hall–Kier alpha value is -2.49. The standard InChI is InChI=1S/C20H24N4O3.HI/c1-2-22-19(25)15-6-4-14(5-7-15)13-23-20(21)24-16-8-9-17-18(12-16)27-11-3-10-26-17;/h4-9,12H,2-3,10-11,13H2,1H3,(H,22,25)(H3,21,23,24);1H. The van der Waals surface area contributed by atoms with Crippen LogP contribution in [0.25, 0.3) is 0 Å². The van der Waals surface area contributed by atoms with Crippen molar-refractivity contribution in [2.24, 2.45) is 10.7 Å². The molecule has 28 heavy (non-hydrogen) atoms. The minimum Gasteiger partial charge on any atom is -0.490 e. The number of amides is 1. The second-order valence-electron chi connectivity index (χ2n) is 6.09. The first-order valence-electron chi connectivity index (χ1n) is 8.99. The predicted molar refractivity (Wildman–Crippen MR) is 121 cm³/mol. The van der Waals surface area contributed by atoms with Crippen LogP contribution in [0.5, 0.6) is 11.5 Å². The van der Waals surface area contributed by atoms with E-state index in [1.165, 1.54) is 0 Å². The Morgan fingerprint density at radius 3 is 2.54 bits per heavy atom. The van der Waals surface area contributed by atoms with Crippen LogP contribution in [0, 0.1) is 0 Å². The van der Waals surface area contributed by atoms with E-state index in [0.29, 0.717) is 43.6 Å². The van der Waals surface area contributed by atoms with E-state index in [2.05, 4.69) is 15.6 Å². The molecular weight excluding hydrogens is 471 g/mol. The van der Waals surface area contributed by atoms with Gasteiger partial charge in [-0.25, -0.2) is 4.99 Å². The first kappa shape index (κ1) is 21.8. The largest absolute Gasteiger partial charge is 0.490 e. The number of ether oxygens (including phenoxy) is 2. The summed E-state index contributed by atoms with van der Waals surface area (Å²) in [6.07, 6.45) is 0.861. The van der Waals surface area contributed by atoms with Crippen molar-refractivity contribution in [3.05, 3.63) is 53.6 Å². The highest BCUT2D eigenvalue weighted by Gasteiger charge is 2.11. The molecule has 8 heteroatoms. The molecule has 0 aromatic heterocycles. The Labute approximate surface area is 181 Å². The number of aliphatic imine (C=N–C) groups is 1. The molecule has 0 aliphatic carbocycles. The molecule has 7 nitrogen and oxygen atoms in total. The Bertz CT molecular complexity index is 825. The maximum absolute atomic E-state index is 11.8. The maximum Gasteiger partial charge on any atom is 0.251 e. The number of rotatable bonds is 5. The highest BCUT2D eigenvalue weighted by atomic mass is 127. The summed E-state index contributed by atoms with van der Waals surface area (Å²) in [5.41, 5.74) is 8.36. The molecule has 2 aromatic carbocycles. The van der Waals surface area contributed by atoms with Crippen molar-refractivity contribution in [1.29, 1.82) is 0 Å². The lowest BCUT2D eigenvalue weighted by Crippen LogP contribution is -2.23. The number of benzene rings is 2. The van der Waals surface area contributed by atoms with Crippen molar-refractivity contribution in [3.8, 4) is 11.5 Å². The van der Waals surface area contributed by atoms with Gasteiger partial charge in [0.2, 0.25) is 0 Å². The molecule has 0 fully saturated rings. The number of guanidine groups is 1. The van der Waals surface area contributed by atoms with Crippen molar-refractivity contribution >= 4 is 41.5 Å². The average Bonchev–Trinajstić information content (AvgIpc) is 2.92. The van der Waals surface area contributed by atoms with Crippen molar-refractivity contribution in [2.75, 3.05) is 25.1 Å². The molecule has 150 valence electrons. The number of nitrogens with one attached hydrogen (secondary N) is 2. The number of hydrogen-bond donors (Lipinski definition) is 3. The lowest BCUT2D eigenvalue weighted by molar-refractivity contribution is 0.0956. The third kappa shape index (κ3) is 6.01. The molecule has 0 saturated heterocycles. The van der Waals surface area contributed by atoms with Crippen molar-refractivity contribution in [3.63, 3.8) is 0 Å². The molecule has 2 aromatic rings. The average molecular weight is 496 g/mol. The van der Waals surface area contributed by atoms with E-state index in [9.17, 15) is 4.79 Å². The van der Waals surface area contributed by atoms with E-state index in [4.69, 9.17) is 15.2 Å². The second-order valence-corrected chi connectivity index (χ2v) is 6.09. The number of halogens is 1. The molecule has 1 aliphatic rings. The molecule has 0 radical (unpaired) electrons. The number of hydrogen-bond acceptors (Lipinski definition) is 4. The molecule has 1 heterocycles. The maximum atomic E-state index is 11.8. The van der Waals surface area contributed by atoms with Crippen LogP contribution in [-0.2, 0) is 6.54 Å². The fourth-order valence-electron chi connectivity index (χ4n) is 2.63. The van der Waals surface area contributed by atoms with Gasteiger partial charge in [0.1, 0.15) is 0 Å². The van der Waals surface area contributed by atoms with Gasteiger partial charge in [0, 0.05) is 30.3 Å². The molecule has 4 N–H and O–H groups in total. The fraction of sp³-hybridized carbons (Fsp3) is 0.300. The molecule has 0 saturated carbocycles. The van der Waals surface area contributed by atoms with Gasteiger partial charge in [0.15, 0.2) is 17.5 Å². The molecule has 0 bridgehead atoms. The van der Waals surface area contributed by atoms with Crippen LogP contribution >= 0.6 is 24.0 Å². The smallest absolute Gasteiger partial charge is 0.251 e. The quantitative estimate of drug-likeness (QED) is 0.336. The second kappa shape index (κ2) is 10.7. The third-order valence-corrected chi connectivity index (χ3v) is 4.01. The molecular formula is C20H25IN4O3. The van der Waals surface area contributed by atoms with Gasteiger partial charge in [-0.15, -0.1) is 24.0 Å². The SMILES string of the molecule is CCNC(=O)c1ccc(CN=C(N)Nc2ccc3c(c2)OCCCO3)cc1.I. The van der Waals surface area contributed by atoms with Gasteiger partial charge in [-0.1, -0.05) is 12.1 Å². The van der Waals surface area contributed by atoms with Gasteiger partial charge in [-0.05, 0) is 36.8 Å². The van der Waals surface area contributed by atoms with Crippen LogP contribution in [0.2, 0.25) is 0 Å². The first-order valence-corrected chi connectivity index (χ1v) is 8.99. The van der Waals surface area contributed by atoms with Gasteiger partial charge in [-0.2, -0.15) is 0 Å². The van der Waals surface area contributed by atoms with Crippen LogP contribution in [0.1, 0.15) is 29.3 Å². The molecule has 0 spiro atoms. The van der Waals surface area contributed by atoms with E-state index in [1.54, 1.807) is 12.1 Å². The summed E-state index contributed by atoms with van der Waals surface area (Å²) in [7, 11) is 0. The van der Waals surface area contributed by atoms with Crippen LogP contribution in [0.15, 0.2) is 47.5 Å². The van der Waals surface area contributed by atoms with Crippen LogP contribution in [0.4, 0.5) is 5.69 Å². The van der Waals surface area contributed by atoms with Gasteiger partial charge < -0.3 is 25.8 Å². The van der Waals surface area contributed by atoms with Crippen molar-refractivity contribution in [2.45, 2.75) is 19.9 Å². The first-order chi connectivity index (χ1) is 13.2. The molecule has 1 amide bonds. The summed E-state index contributed by atoms with van der Waals surface area (Å²) in [6.45, 7) is 4.20. The van der Waals surface area contributed by atoms with E-state index >= 15 is 0 Å². The van der Waals surface area contributed by atoms with Gasteiger partial charge in [0.05, 0.1) is 19.8 Å². The zero-order valence-electron chi connectivity index (χ0n) is 15.7. The topological polar surface area (TPSA) is 98.0 Å². The zero-order valence-corrected chi connectivity index (χ0v) is 18.1. The van der Waals surface area contributed by atoms with Crippen LogP contribution in [0.3, 0.4) is 0 Å². The summed E-state index contributed by atoms with van der Waals surface area (Å²) < 4.78 is 11.3. The summed E-state index contributed by atoms with van der Waals surface area (Å²) in [6, 6.07) is 12.9. The molecule has 0 atom stereocenters. The lowest BCUT2D eigenvalue weighted by atomic mass is 10.1. The van der Waals surface area contributed by atoms with Gasteiger partial charge >= 0.3 is 0 Å².